The third-order valence-electron chi connectivity index (χ3n) is 1.03. The number of aromatic nitrogens is 2. The van der Waals surface area contributed by atoms with E-state index in [4.69, 9.17) is 10.8 Å². The van der Waals surface area contributed by atoms with E-state index in [1.54, 1.807) is 17.1 Å². The van der Waals surface area contributed by atoms with Crippen LogP contribution in [0.25, 0.3) is 0 Å². The fourth-order valence-electron chi connectivity index (χ4n) is 0.586. The Kier molecular flexibility index (Phi) is 1.50. The smallest absolute Gasteiger partial charge is 0.147 e. The van der Waals surface area contributed by atoms with Gasteiger partial charge in [-0.25, -0.2) is 4.98 Å². The molecule has 1 heterocycles. The van der Waals surface area contributed by atoms with Crippen LogP contribution in [0.4, 0.5) is 0 Å². The summed E-state index contributed by atoms with van der Waals surface area (Å²) in [4.78, 5) is 3.80. The van der Waals surface area contributed by atoms with Gasteiger partial charge in [0.05, 0.1) is 6.33 Å². The molecule has 0 bridgehead atoms. The first-order chi connectivity index (χ1) is 4.20. The van der Waals surface area contributed by atoms with Crippen LogP contribution in [0.1, 0.15) is 11.9 Å². The van der Waals surface area contributed by atoms with Crippen LogP contribution in [0.2, 0.25) is 0 Å². The number of imidazole rings is 1. The van der Waals surface area contributed by atoms with E-state index in [1.165, 1.54) is 0 Å². The zero-order chi connectivity index (χ0) is 6.85. The highest BCUT2D eigenvalue weighted by Gasteiger charge is 2.01. The summed E-state index contributed by atoms with van der Waals surface area (Å²) in [6.45, 7) is 0. The summed E-state index contributed by atoms with van der Waals surface area (Å²) in [5.74, 6) is 0. The summed E-state index contributed by atoms with van der Waals surface area (Å²) in [6.07, 6.45) is 2.31. The summed E-state index contributed by atoms with van der Waals surface area (Å²) in [5, 5.41) is 8.74. The standard InChI is InChI=1S/C5H9N3O/c1-8-2-4(5(6)9)7-3-8/h2-3,5,9H,6H2,1H3/t5-/m1/s1. The van der Waals surface area contributed by atoms with Crippen molar-refractivity contribution in [1.82, 2.24) is 9.55 Å². The second kappa shape index (κ2) is 2.16. The number of aliphatic hydroxyl groups is 1. The predicted molar refractivity (Wildman–Crippen MR) is 32.4 cm³/mol. The van der Waals surface area contributed by atoms with Crippen molar-refractivity contribution in [3.63, 3.8) is 0 Å². The summed E-state index contributed by atoms with van der Waals surface area (Å²) >= 11 is 0. The van der Waals surface area contributed by atoms with Crippen molar-refractivity contribution in [3.8, 4) is 0 Å². The minimum absolute atomic E-state index is 0.498. The fourth-order valence-corrected chi connectivity index (χ4v) is 0.586. The molecule has 0 aliphatic rings. The maximum Gasteiger partial charge on any atom is 0.147 e. The molecule has 3 N–H and O–H groups in total. The monoisotopic (exact) mass is 127 g/mol. The molecule has 50 valence electrons. The van der Waals surface area contributed by atoms with Gasteiger partial charge in [-0.3, -0.25) is 0 Å². The number of hydrogen-bond donors (Lipinski definition) is 2. The first-order valence-electron chi connectivity index (χ1n) is 2.61. The van der Waals surface area contributed by atoms with E-state index in [2.05, 4.69) is 4.98 Å². The van der Waals surface area contributed by atoms with E-state index in [-0.39, 0.29) is 0 Å². The molecular weight excluding hydrogens is 118 g/mol. The molecule has 9 heavy (non-hydrogen) atoms. The quantitative estimate of drug-likeness (QED) is 0.494. The van der Waals surface area contributed by atoms with E-state index in [0.29, 0.717) is 5.69 Å². The van der Waals surface area contributed by atoms with Crippen molar-refractivity contribution >= 4 is 0 Å². The molecule has 0 saturated carbocycles. The van der Waals surface area contributed by atoms with Crippen molar-refractivity contribution in [2.75, 3.05) is 0 Å². The van der Waals surface area contributed by atoms with Crippen molar-refractivity contribution < 1.29 is 5.11 Å². The predicted octanol–water partition coefficient (Wildman–Crippen LogP) is -0.630. The molecule has 0 saturated heterocycles. The lowest BCUT2D eigenvalue weighted by Gasteiger charge is -1.95. The number of hydrogen-bond acceptors (Lipinski definition) is 3. The van der Waals surface area contributed by atoms with Gasteiger partial charge in [-0.05, 0) is 0 Å². The van der Waals surface area contributed by atoms with Crippen molar-refractivity contribution in [3.05, 3.63) is 18.2 Å². The molecule has 0 fully saturated rings. The van der Waals surface area contributed by atoms with Crippen LogP contribution in [-0.2, 0) is 7.05 Å². The fraction of sp³-hybridized carbons (Fsp3) is 0.400. The molecule has 1 aromatic rings. The summed E-state index contributed by atoms with van der Waals surface area (Å²) < 4.78 is 1.73. The Morgan fingerprint density at radius 1 is 1.89 bits per heavy atom. The third kappa shape index (κ3) is 1.28. The van der Waals surface area contributed by atoms with Gasteiger partial charge in [0.15, 0.2) is 0 Å². The molecule has 1 aromatic heterocycles. The van der Waals surface area contributed by atoms with Crippen LogP contribution >= 0.6 is 0 Å². The zero-order valence-corrected chi connectivity index (χ0v) is 5.15. The average Bonchev–Trinajstić information content (AvgIpc) is 2.14. The van der Waals surface area contributed by atoms with Crippen LogP contribution in [0.15, 0.2) is 12.5 Å². The van der Waals surface area contributed by atoms with Gasteiger partial charge in [0.25, 0.3) is 0 Å². The highest BCUT2D eigenvalue weighted by molar-refractivity contribution is 4.97. The molecule has 4 nitrogen and oxygen atoms in total. The minimum atomic E-state index is -0.953. The van der Waals surface area contributed by atoms with Gasteiger partial charge in [0.2, 0.25) is 0 Å². The third-order valence-corrected chi connectivity index (χ3v) is 1.03. The Morgan fingerprint density at radius 2 is 2.56 bits per heavy atom. The Hall–Kier alpha value is -0.870. The summed E-state index contributed by atoms with van der Waals surface area (Å²) in [5.41, 5.74) is 5.60. The Balaban J connectivity index is 2.85. The van der Waals surface area contributed by atoms with Crippen LogP contribution in [0.5, 0.6) is 0 Å². The van der Waals surface area contributed by atoms with Crippen molar-refractivity contribution in [1.29, 1.82) is 0 Å². The average molecular weight is 127 g/mol. The largest absolute Gasteiger partial charge is 0.373 e. The van der Waals surface area contributed by atoms with Crippen LogP contribution in [0, 0.1) is 0 Å². The molecule has 1 rings (SSSR count). The van der Waals surface area contributed by atoms with E-state index >= 15 is 0 Å². The topological polar surface area (TPSA) is 64.1 Å². The first-order valence-corrected chi connectivity index (χ1v) is 2.61. The second-order valence-corrected chi connectivity index (χ2v) is 1.91. The van der Waals surface area contributed by atoms with Gasteiger partial charge in [0.1, 0.15) is 11.9 Å². The molecule has 0 unspecified atom stereocenters. The number of aryl methyl sites for hydroxylation is 1. The van der Waals surface area contributed by atoms with Gasteiger partial charge < -0.3 is 15.4 Å². The normalized spacial score (nSPS) is 13.7. The maximum absolute atomic E-state index is 8.74. The first kappa shape index (κ1) is 6.25. The SMILES string of the molecule is Cn1cnc([C@H](N)O)c1. The van der Waals surface area contributed by atoms with E-state index < -0.39 is 6.23 Å². The second-order valence-electron chi connectivity index (χ2n) is 1.91. The summed E-state index contributed by atoms with van der Waals surface area (Å²) in [7, 11) is 1.82. The molecule has 0 amide bonds. The van der Waals surface area contributed by atoms with Crippen molar-refractivity contribution in [2.24, 2.45) is 12.8 Å². The molecule has 0 spiro atoms. The zero-order valence-electron chi connectivity index (χ0n) is 5.15. The Bertz CT molecular complexity index is 194. The van der Waals surface area contributed by atoms with E-state index in [1.807, 2.05) is 7.05 Å². The lowest BCUT2D eigenvalue weighted by atomic mass is 10.4. The Labute approximate surface area is 52.9 Å². The van der Waals surface area contributed by atoms with E-state index in [9.17, 15) is 0 Å². The summed E-state index contributed by atoms with van der Waals surface area (Å²) in [6, 6.07) is 0. The molecule has 0 radical (unpaired) electrons. The van der Waals surface area contributed by atoms with Crippen molar-refractivity contribution in [2.45, 2.75) is 6.23 Å². The number of rotatable bonds is 1. The molecule has 0 aromatic carbocycles. The van der Waals surface area contributed by atoms with Gasteiger partial charge >= 0.3 is 0 Å². The maximum atomic E-state index is 8.74. The molecule has 0 aliphatic carbocycles. The lowest BCUT2D eigenvalue weighted by molar-refractivity contribution is 0.182. The number of nitrogens with two attached hydrogens (primary N) is 1. The molecule has 4 heteroatoms. The van der Waals surface area contributed by atoms with Crippen LogP contribution < -0.4 is 5.73 Å². The van der Waals surface area contributed by atoms with Crippen LogP contribution in [0.3, 0.4) is 0 Å². The van der Waals surface area contributed by atoms with Gasteiger partial charge in [-0.2, -0.15) is 0 Å². The molecule has 1 atom stereocenters. The Morgan fingerprint density at radius 3 is 2.78 bits per heavy atom. The molecular formula is C5H9N3O. The number of aliphatic hydroxyl groups excluding tert-OH is 1. The molecule has 0 aliphatic heterocycles. The number of nitrogens with zero attached hydrogens (tertiary/aromatic N) is 2. The van der Waals surface area contributed by atoms with Gasteiger partial charge in [0, 0.05) is 13.2 Å². The van der Waals surface area contributed by atoms with E-state index in [0.717, 1.165) is 0 Å². The highest BCUT2D eigenvalue weighted by atomic mass is 16.3. The van der Waals surface area contributed by atoms with Gasteiger partial charge in [-0.1, -0.05) is 0 Å². The van der Waals surface area contributed by atoms with Crippen LogP contribution in [-0.4, -0.2) is 14.7 Å². The minimum Gasteiger partial charge on any atom is -0.373 e. The lowest BCUT2D eigenvalue weighted by Crippen LogP contribution is -2.08. The highest BCUT2D eigenvalue weighted by Crippen LogP contribution is 2.00. The van der Waals surface area contributed by atoms with Gasteiger partial charge in [-0.15, -0.1) is 0 Å².